The summed E-state index contributed by atoms with van der Waals surface area (Å²) in [6.07, 6.45) is 0. The van der Waals surface area contributed by atoms with Gasteiger partial charge in [0.25, 0.3) is 5.69 Å². The number of nitro benzene ring substituents is 1. The molecule has 2 N–H and O–H groups in total. The van der Waals surface area contributed by atoms with E-state index in [-0.39, 0.29) is 18.1 Å². The molecule has 110 valence electrons. The Bertz CT molecular complexity index is 512. The Kier molecular flexibility index (Phi) is 5.21. The normalized spacial score (nSPS) is 11.2. The SMILES string of the molecule is CCNC(C)(C)C(=O)NCc1cccc([N+](=O)[O-])c1C. The smallest absolute Gasteiger partial charge is 0.272 e. The number of nitrogens with zero attached hydrogens (tertiary/aromatic N) is 1. The summed E-state index contributed by atoms with van der Waals surface area (Å²) in [7, 11) is 0. The van der Waals surface area contributed by atoms with Crippen molar-refractivity contribution in [2.45, 2.75) is 39.8 Å². The van der Waals surface area contributed by atoms with Crippen LogP contribution in [0.2, 0.25) is 0 Å². The predicted molar refractivity (Wildman–Crippen MR) is 77.4 cm³/mol. The number of nitro groups is 1. The minimum absolute atomic E-state index is 0.0719. The Balaban J connectivity index is 2.79. The third kappa shape index (κ3) is 3.77. The average molecular weight is 279 g/mol. The van der Waals surface area contributed by atoms with E-state index >= 15 is 0 Å². The minimum atomic E-state index is -0.663. The lowest BCUT2D eigenvalue weighted by Gasteiger charge is -2.24. The van der Waals surface area contributed by atoms with Crippen LogP contribution in [0.5, 0.6) is 0 Å². The second-order valence-corrected chi connectivity index (χ2v) is 5.16. The maximum absolute atomic E-state index is 12.1. The van der Waals surface area contributed by atoms with Gasteiger partial charge in [0.05, 0.1) is 10.5 Å². The first-order valence-electron chi connectivity index (χ1n) is 6.55. The van der Waals surface area contributed by atoms with Crippen LogP contribution >= 0.6 is 0 Å². The van der Waals surface area contributed by atoms with Crippen molar-refractivity contribution in [3.63, 3.8) is 0 Å². The van der Waals surface area contributed by atoms with Gasteiger partial charge in [0.1, 0.15) is 0 Å². The third-order valence-corrected chi connectivity index (χ3v) is 3.24. The molecule has 1 amide bonds. The number of likely N-dealkylation sites (N-methyl/N-ethyl adjacent to an activating group) is 1. The van der Waals surface area contributed by atoms with Gasteiger partial charge in [-0.2, -0.15) is 0 Å². The molecule has 1 aromatic carbocycles. The fourth-order valence-corrected chi connectivity index (χ4v) is 1.98. The van der Waals surface area contributed by atoms with Crippen LogP contribution in [0.4, 0.5) is 5.69 Å². The molecular weight excluding hydrogens is 258 g/mol. The van der Waals surface area contributed by atoms with Crippen molar-refractivity contribution < 1.29 is 9.72 Å². The summed E-state index contributed by atoms with van der Waals surface area (Å²) in [5.74, 6) is -0.134. The van der Waals surface area contributed by atoms with E-state index in [1.807, 2.05) is 6.92 Å². The fraction of sp³-hybridized carbons (Fsp3) is 0.500. The second-order valence-electron chi connectivity index (χ2n) is 5.16. The number of carbonyl (C=O) groups is 1. The van der Waals surface area contributed by atoms with Crippen LogP contribution in [0, 0.1) is 17.0 Å². The van der Waals surface area contributed by atoms with Gasteiger partial charge in [-0.25, -0.2) is 0 Å². The number of nitrogens with one attached hydrogen (secondary N) is 2. The molecule has 0 atom stereocenters. The van der Waals surface area contributed by atoms with E-state index in [1.54, 1.807) is 32.9 Å². The summed E-state index contributed by atoms with van der Waals surface area (Å²) in [4.78, 5) is 22.5. The molecule has 0 bridgehead atoms. The van der Waals surface area contributed by atoms with Gasteiger partial charge in [0, 0.05) is 18.2 Å². The summed E-state index contributed by atoms with van der Waals surface area (Å²) in [5.41, 5.74) is 0.741. The van der Waals surface area contributed by atoms with E-state index in [9.17, 15) is 14.9 Å². The van der Waals surface area contributed by atoms with Gasteiger partial charge in [-0.05, 0) is 32.9 Å². The van der Waals surface area contributed by atoms with Crippen molar-refractivity contribution in [2.75, 3.05) is 6.54 Å². The molecule has 0 saturated heterocycles. The molecule has 0 aliphatic heterocycles. The molecule has 0 saturated carbocycles. The summed E-state index contributed by atoms with van der Waals surface area (Å²) in [5, 5.41) is 16.8. The van der Waals surface area contributed by atoms with Crippen molar-refractivity contribution in [3.8, 4) is 0 Å². The lowest BCUT2D eigenvalue weighted by molar-refractivity contribution is -0.385. The van der Waals surface area contributed by atoms with E-state index in [0.717, 1.165) is 5.56 Å². The van der Waals surface area contributed by atoms with E-state index < -0.39 is 10.5 Å². The van der Waals surface area contributed by atoms with Crippen molar-refractivity contribution in [1.82, 2.24) is 10.6 Å². The topological polar surface area (TPSA) is 84.3 Å². The molecule has 6 nitrogen and oxygen atoms in total. The largest absolute Gasteiger partial charge is 0.350 e. The zero-order valence-corrected chi connectivity index (χ0v) is 12.3. The minimum Gasteiger partial charge on any atom is -0.350 e. The number of hydrogen-bond acceptors (Lipinski definition) is 4. The first kappa shape index (κ1) is 16.1. The first-order chi connectivity index (χ1) is 9.29. The van der Waals surface area contributed by atoms with Crippen molar-refractivity contribution >= 4 is 11.6 Å². The van der Waals surface area contributed by atoms with E-state index in [1.165, 1.54) is 6.07 Å². The predicted octanol–water partition coefficient (Wildman–Crippen LogP) is 1.91. The summed E-state index contributed by atoms with van der Waals surface area (Å²) in [6.45, 7) is 8.19. The molecule has 0 radical (unpaired) electrons. The van der Waals surface area contributed by atoms with Gasteiger partial charge >= 0.3 is 0 Å². The Hall–Kier alpha value is -1.95. The molecule has 0 spiro atoms. The van der Waals surface area contributed by atoms with Crippen molar-refractivity contribution in [2.24, 2.45) is 0 Å². The highest BCUT2D eigenvalue weighted by Gasteiger charge is 2.26. The maximum atomic E-state index is 12.1. The molecule has 1 rings (SSSR count). The highest BCUT2D eigenvalue weighted by atomic mass is 16.6. The van der Waals surface area contributed by atoms with Crippen LogP contribution in [-0.2, 0) is 11.3 Å². The Morgan fingerprint density at radius 2 is 2.05 bits per heavy atom. The van der Waals surface area contributed by atoms with E-state index in [4.69, 9.17) is 0 Å². The Morgan fingerprint density at radius 1 is 1.40 bits per heavy atom. The molecule has 0 unspecified atom stereocenters. The molecule has 20 heavy (non-hydrogen) atoms. The quantitative estimate of drug-likeness (QED) is 0.615. The van der Waals surface area contributed by atoms with Gasteiger partial charge in [0.2, 0.25) is 5.91 Å². The molecule has 6 heteroatoms. The number of hydrogen-bond donors (Lipinski definition) is 2. The number of amides is 1. The third-order valence-electron chi connectivity index (χ3n) is 3.24. The van der Waals surface area contributed by atoms with Crippen LogP contribution in [0.3, 0.4) is 0 Å². The summed E-state index contributed by atoms with van der Waals surface area (Å²) >= 11 is 0. The Morgan fingerprint density at radius 3 is 2.60 bits per heavy atom. The Labute approximate surface area is 118 Å². The fourth-order valence-electron chi connectivity index (χ4n) is 1.98. The molecule has 0 aliphatic rings. The van der Waals surface area contributed by atoms with Crippen LogP contribution < -0.4 is 10.6 Å². The van der Waals surface area contributed by atoms with Crippen molar-refractivity contribution in [1.29, 1.82) is 0 Å². The van der Waals surface area contributed by atoms with Gasteiger partial charge in [-0.3, -0.25) is 14.9 Å². The highest BCUT2D eigenvalue weighted by Crippen LogP contribution is 2.20. The van der Waals surface area contributed by atoms with Gasteiger partial charge < -0.3 is 10.6 Å². The maximum Gasteiger partial charge on any atom is 0.272 e. The average Bonchev–Trinajstić information content (AvgIpc) is 2.36. The number of benzene rings is 1. The van der Waals surface area contributed by atoms with E-state index in [0.29, 0.717) is 12.1 Å². The van der Waals surface area contributed by atoms with Crippen LogP contribution in [0.15, 0.2) is 18.2 Å². The van der Waals surface area contributed by atoms with E-state index in [2.05, 4.69) is 10.6 Å². The molecule has 0 aliphatic carbocycles. The lowest BCUT2D eigenvalue weighted by atomic mass is 10.0. The molecule has 0 aromatic heterocycles. The van der Waals surface area contributed by atoms with Gasteiger partial charge in [0.15, 0.2) is 0 Å². The molecule has 0 heterocycles. The first-order valence-corrected chi connectivity index (χ1v) is 6.55. The summed E-state index contributed by atoms with van der Waals surface area (Å²) in [6, 6.07) is 4.87. The second kappa shape index (κ2) is 6.47. The van der Waals surface area contributed by atoms with Gasteiger partial charge in [-0.1, -0.05) is 19.1 Å². The lowest BCUT2D eigenvalue weighted by Crippen LogP contribution is -2.52. The number of carbonyl (C=O) groups excluding carboxylic acids is 1. The molecule has 1 aromatic rings. The number of rotatable bonds is 6. The highest BCUT2D eigenvalue weighted by molar-refractivity contribution is 5.85. The van der Waals surface area contributed by atoms with Crippen molar-refractivity contribution in [3.05, 3.63) is 39.4 Å². The zero-order chi connectivity index (χ0) is 15.3. The monoisotopic (exact) mass is 279 g/mol. The van der Waals surface area contributed by atoms with Gasteiger partial charge in [-0.15, -0.1) is 0 Å². The summed E-state index contributed by atoms with van der Waals surface area (Å²) < 4.78 is 0. The zero-order valence-electron chi connectivity index (χ0n) is 12.3. The molecular formula is C14H21N3O3. The standard InChI is InChI=1S/C14H21N3O3/c1-5-16-14(3,4)13(18)15-9-11-7-6-8-12(10(11)2)17(19)20/h6-8,16H,5,9H2,1-4H3,(H,15,18). The van der Waals surface area contributed by atoms with Crippen LogP contribution in [0.1, 0.15) is 31.9 Å². The van der Waals surface area contributed by atoms with Crippen LogP contribution in [0.25, 0.3) is 0 Å². The van der Waals surface area contributed by atoms with Crippen LogP contribution in [-0.4, -0.2) is 22.9 Å². The molecule has 0 fully saturated rings.